The lowest BCUT2D eigenvalue weighted by Crippen LogP contribution is -2.14. The number of hydrogen-bond donors (Lipinski definition) is 2. The molecule has 0 heterocycles. The molecule has 1 atom stereocenters. The van der Waals surface area contributed by atoms with Crippen LogP contribution in [0.15, 0.2) is 59.5 Å². The van der Waals surface area contributed by atoms with Gasteiger partial charge in [0.1, 0.15) is 0 Å². The first-order valence-corrected chi connectivity index (χ1v) is 7.34. The first-order chi connectivity index (χ1) is 9.00. The Bertz CT molecular complexity index is 651. The quantitative estimate of drug-likeness (QED) is 0.902. The molecule has 2 N–H and O–H groups in total. The van der Waals surface area contributed by atoms with Crippen molar-refractivity contribution in [3.63, 3.8) is 0 Å². The molecule has 0 spiro atoms. The van der Waals surface area contributed by atoms with Crippen LogP contribution in [0.25, 0.3) is 0 Å². The van der Waals surface area contributed by atoms with E-state index in [0.29, 0.717) is 11.3 Å². The number of sulfonamides is 1. The summed E-state index contributed by atoms with van der Waals surface area (Å²) < 4.78 is 26.9. The van der Waals surface area contributed by atoms with E-state index in [1.54, 1.807) is 49.4 Å². The van der Waals surface area contributed by atoms with Gasteiger partial charge < -0.3 is 5.11 Å². The largest absolute Gasteiger partial charge is 0.389 e. The van der Waals surface area contributed by atoms with Gasteiger partial charge in [-0.1, -0.05) is 36.4 Å². The number of para-hydroxylation sites is 1. The normalized spacial score (nSPS) is 12.9. The van der Waals surface area contributed by atoms with Crippen molar-refractivity contribution in [1.29, 1.82) is 0 Å². The number of anilines is 1. The molecule has 2 rings (SSSR count). The fourth-order valence-corrected chi connectivity index (χ4v) is 2.87. The highest BCUT2D eigenvalue weighted by atomic mass is 32.2. The third-order valence-electron chi connectivity index (χ3n) is 2.71. The smallest absolute Gasteiger partial charge is 0.261 e. The van der Waals surface area contributed by atoms with Crippen molar-refractivity contribution in [2.24, 2.45) is 0 Å². The first-order valence-electron chi connectivity index (χ1n) is 5.85. The molecule has 1 unspecified atom stereocenters. The predicted octanol–water partition coefficient (Wildman–Crippen LogP) is 2.54. The molecule has 0 amide bonds. The second-order valence-corrected chi connectivity index (χ2v) is 5.86. The second-order valence-electron chi connectivity index (χ2n) is 4.18. The molecule has 0 radical (unpaired) electrons. The number of nitrogens with one attached hydrogen (secondary N) is 1. The van der Waals surface area contributed by atoms with Gasteiger partial charge in [0.25, 0.3) is 10.0 Å². The van der Waals surface area contributed by atoms with Gasteiger partial charge in [0, 0.05) is 5.56 Å². The highest BCUT2D eigenvalue weighted by Gasteiger charge is 2.16. The summed E-state index contributed by atoms with van der Waals surface area (Å²) in [5, 5.41) is 9.64. The molecule has 5 heteroatoms. The van der Waals surface area contributed by atoms with Crippen LogP contribution in [0.4, 0.5) is 5.69 Å². The molecule has 0 saturated carbocycles. The van der Waals surface area contributed by atoms with Crippen LogP contribution in [0.2, 0.25) is 0 Å². The Balaban J connectivity index is 2.37. The van der Waals surface area contributed by atoms with Gasteiger partial charge in [-0.3, -0.25) is 4.72 Å². The van der Waals surface area contributed by atoms with Crippen molar-refractivity contribution >= 4 is 15.7 Å². The Morgan fingerprint density at radius 2 is 1.58 bits per heavy atom. The van der Waals surface area contributed by atoms with Crippen LogP contribution in [0.1, 0.15) is 18.6 Å². The van der Waals surface area contributed by atoms with E-state index in [4.69, 9.17) is 0 Å². The van der Waals surface area contributed by atoms with Gasteiger partial charge in [0.2, 0.25) is 0 Å². The van der Waals surface area contributed by atoms with Crippen LogP contribution in [-0.4, -0.2) is 13.5 Å². The van der Waals surface area contributed by atoms with E-state index >= 15 is 0 Å². The lowest BCUT2D eigenvalue weighted by molar-refractivity contribution is 0.200. The lowest BCUT2D eigenvalue weighted by Gasteiger charge is -2.14. The van der Waals surface area contributed by atoms with Crippen LogP contribution in [0, 0.1) is 0 Å². The molecule has 0 aliphatic heterocycles. The van der Waals surface area contributed by atoms with E-state index < -0.39 is 16.1 Å². The van der Waals surface area contributed by atoms with Crippen LogP contribution in [0.3, 0.4) is 0 Å². The van der Waals surface area contributed by atoms with Gasteiger partial charge in [-0.25, -0.2) is 8.42 Å². The summed E-state index contributed by atoms with van der Waals surface area (Å²) in [5.74, 6) is 0. The van der Waals surface area contributed by atoms with Gasteiger partial charge >= 0.3 is 0 Å². The van der Waals surface area contributed by atoms with E-state index in [0.717, 1.165) is 0 Å². The molecular formula is C14H15NO3S. The van der Waals surface area contributed by atoms with Crippen molar-refractivity contribution in [3.8, 4) is 0 Å². The molecule has 100 valence electrons. The maximum absolute atomic E-state index is 12.2. The molecule has 2 aromatic rings. The SMILES string of the molecule is CC(O)c1ccccc1NS(=O)(=O)c1ccccc1. The van der Waals surface area contributed by atoms with E-state index in [1.165, 1.54) is 12.1 Å². The average molecular weight is 277 g/mol. The summed E-state index contributed by atoms with van der Waals surface area (Å²) in [6.07, 6.45) is -0.741. The third kappa shape index (κ3) is 3.13. The maximum Gasteiger partial charge on any atom is 0.261 e. The van der Waals surface area contributed by atoms with Crippen molar-refractivity contribution in [1.82, 2.24) is 0 Å². The number of benzene rings is 2. The Morgan fingerprint density at radius 3 is 2.21 bits per heavy atom. The maximum atomic E-state index is 12.2. The number of hydrogen-bond acceptors (Lipinski definition) is 3. The summed E-state index contributed by atoms with van der Waals surface area (Å²) in [5.41, 5.74) is 0.934. The van der Waals surface area contributed by atoms with Crippen molar-refractivity contribution in [3.05, 3.63) is 60.2 Å². The molecule has 19 heavy (non-hydrogen) atoms. The Labute approximate surface area is 112 Å². The molecule has 2 aromatic carbocycles. The number of aliphatic hydroxyl groups excluding tert-OH is 1. The minimum Gasteiger partial charge on any atom is -0.389 e. The summed E-state index contributed by atoms with van der Waals surface area (Å²) in [4.78, 5) is 0.190. The number of aliphatic hydroxyl groups is 1. The zero-order valence-corrected chi connectivity index (χ0v) is 11.3. The Hall–Kier alpha value is -1.85. The Kier molecular flexibility index (Phi) is 3.87. The summed E-state index contributed by atoms with van der Waals surface area (Å²) >= 11 is 0. The molecule has 0 saturated heterocycles. The van der Waals surface area contributed by atoms with Gasteiger partial charge in [0.05, 0.1) is 16.7 Å². The van der Waals surface area contributed by atoms with E-state index in [9.17, 15) is 13.5 Å². The summed E-state index contributed by atoms with van der Waals surface area (Å²) in [6.45, 7) is 1.59. The molecule has 0 aliphatic rings. The second kappa shape index (κ2) is 5.42. The van der Waals surface area contributed by atoms with Gasteiger partial charge in [-0.05, 0) is 25.1 Å². The van der Waals surface area contributed by atoms with Crippen LogP contribution in [0.5, 0.6) is 0 Å². The van der Waals surface area contributed by atoms with Crippen molar-refractivity contribution in [2.75, 3.05) is 4.72 Å². The molecule has 0 bridgehead atoms. The predicted molar refractivity (Wildman–Crippen MR) is 74.3 cm³/mol. The van der Waals surface area contributed by atoms with Crippen LogP contribution >= 0.6 is 0 Å². The lowest BCUT2D eigenvalue weighted by atomic mass is 10.1. The zero-order chi connectivity index (χ0) is 13.9. The van der Waals surface area contributed by atoms with Gasteiger partial charge in [-0.15, -0.1) is 0 Å². The zero-order valence-electron chi connectivity index (χ0n) is 10.4. The Morgan fingerprint density at radius 1 is 1.00 bits per heavy atom. The summed E-state index contributed by atoms with van der Waals surface area (Å²) in [7, 11) is -3.63. The highest BCUT2D eigenvalue weighted by Crippen LogP contribution is 2.24. The first kappa shape index (κ1) is 13.6. The van der Waals surface area contributed by atoms with Crippen molar-refractivity contribution < 1.29 is 13.5 Å². The fraction of sp³-hybridized carbons (Fsp3) is 0.143. The third-order valence-corrected chi connectivity index (χ3v) is 4.09. The van der Waals surface area contributed by atoms with Gasteiger partial charge in [-0.2, -0.15) is 0 Å². The average Bonchev–Trinajstić information content (AvgIpc) is 2.39. The number of rotatable bonds is 4. The van der Waals surface area contributed by atoms with E-state index in [-0.39, 0.29) is 4.90 Å². The van der Waals surface area contributed by atoms with E-state index in [2.05, 4.69) is 4.72 Å². The standard InChI is InChI=1S/C14H15NO3S/c1-11(16)13-9-5-6-10-14(13)15-19(17,18)12-7-3-2-4-8-12/h2-11,15-16H,1H3. The molecule has 0 fully saturated rings. The summed E-state index contributed by atoms with van der Waals surface area (Å²) in [6, 6.07) is 14.9. The fourth-order valence-electron chi connectivity index (χ4n) is 1.76. The van der Waals surface area contributed by atoms with Crippen molar-refractivity contribution in [2.45, 2.75) is 17.9 Å². The monoisotopic (exact) mass is 277 g/mol. The molecule has 0 aromatic heterocycles. The van der Waals surface area contributed by atoms with Crippen LogP contribution < -0.4 is 4.72 Å². The van der Waals surface area contributed by atoms with E-state index in [1.807, 2.05) is 0 Å². The highest BCUT2D eigenvalue weighted by molar-refractivity contribution is 7.92. The minimum absolute atomic E-state index is 0.190. The molecule has 0 aliphatic carbocycles. The van der Waals surface area contributed by atoms with Gasteiger partial charge in [0.15, 0.2) is 0 Å². The minimum atomic E-state index is -3.63. The molecular weight excluding hydrogens is 262 g/mol. The topological polar surface area (TPSA) is 66.4 Å². The molecule has 4 nitrogen and oxygen atoms in total. The van der Waals surface area contributed by atoms with Crippen LogP contribution in [-0.2, 0) is 10.0 Å².